The lowest BCUT2D eigenvalue weighted by Crippen LogP contribution is -2.42. The summed E-state index contributed by atoms with van der Waals surface area (Å²) in [5.74, 6) is 0.688. The first kappa shape index (κ1) is 17.7. The average molecular weight is 328 g/mol. The fourth-order valence-corrected chi connectivity index (χ4v) is 2.02. The quantitative estimate of drug-likeness (QED) is 0.618. The zero-order chi connectivity index (χ0) is 17.7. The summed E-state index contributed by atoms with van der Waals surface area (Å²) in [6.07, 6.45) is 2.28. The first-order valence-corrected chi connectivity index (χ1v) is 7.84. The van der Waals surface area contributed by atoms with Crippen molar-refractivity contribution in [1.29, 1.82) is 0 Å². The van der Waals surface area contributed by atoms with Crippen molar-refractivity contribution in [2.24, 2.45) is 11.5 Å². The predicted octanol–water partition coefficient (Wildman–Crippen LogP) is 2.17. The molecule has 0 spiro atoms. The van der Waals surface area contributed by atoms with Gasteiger partial charge in [-0.25, -0.2) is 9.97 Å². The van der Waals surface area contributed by atoms with Gasteiger partial charge in [0.1, 0.15) is 11.6 Å². The molecule has 2 rings (SSSR count). The molecule has 0 aliphatic rings. The Morgan fingerprint density at radius 3 is 2.71 bits per heavy atom. The van der Waals surface area contributed by atoms with Crippen molar-refractivity contribution in [3.8, 4) is 0 Å². The van der Waals surface area contributed by atoms with E-state index in [1.54, 1.807) is 6.07 Å². The summed E-state index contributed by atoms with van der Waals surface area (Å²) in [5.41, 5.74) is 12.9. The summed E-state index contributed by atoms with van der Waals surface area (Å²) >= 11 is 0. The Kier molecular flexibility index (Phi) is 5.35. The highest BCUT2D eigenvalue weighted by Crippen LogP contribution is 2.22. The minimum Gasteiger partial charge on any atom is -0.368 e. The van der Waals surface area contributed by atoms with Gasteiger partial charge in [-0.3, -0.25) is 4.79 Å². The van der Waals surface area contributed by atoms with Gasteiger partial charge in [0.25, 0.3) is 5.91 Å². The molecular formula is C17H24N6O. The Morgan fingerprint density at radius 1 is 1.33 bits per heavy atom. The van der Waals surface area contributed by atoms with E-state index < -0.39 is 5.91 Å². The molecule has 0 aliphatic heterocycles. The largest absolute Gasteiger partial charge is 0.368 e. The van der Waals surface area contributed by atoms with Gasteiger partial charge in [0.05, 0.1) is 11.3 Å². The van der Waals surface area contributed by atoms with Crippen molar-refractivity contribution in [1.82, 2.24) is 9.97 Å². The number of hydrogen-bond donors (Lipinski definition) is 4. The van der Waals surface area contributed by atoms with Gasteiger partial charge in [0, 0.05) is 30.0 Å². The number of rotatable bonds is 7. The molecule has 2 aromatic heterocycles. The van der Waals surface area contributed by atoms with Gasteiger partial charge < -0.3 is 22.1 Å². The van der Waals surface area contributed by atoms with E-state index in [1.165, 1.54) is 6.20 Å². The Hall–Kier alpha value is -2.67. The van der Waals surface area contributed by atoms with Crippen molar-refractivity contribution in [3.05, 3.63) is 41.7 Å². The van der Waals surface area contributed by atoms with Crippen LogP contribution in [0, 0.1) is 6.92 Å². The molecule has 0 aliphatic carbocycles. The third-order valence-corrected chi connectivity index (χ3v) is 3.80. The summed E-state index contributed by atoms with van der Waals surface area (Å²) in [6.45, 7) is 6.45. The van der Waals surface area contributed by atoms with Gasteiger partial charge in [-0.05, 0) is 32.4 Å². The van der Waals surface area contributed by atoms with E-state index >= 15 is 0 Å². The molecule has 0 bridgehead atoms. The van der Waals surface area contributed by atoms with Crippen molar-refractivity contribution in [3.63, 3.8) is 0 Å². The van der Waals surface area contributed by atoms with E-state index in [-0.39, 0.29) is 5.54 Å². The highest BCUT2D eigenvalue weighted by Gasteiger charge is 2.16. The van der Waals surface area contributed by atoms with E-state index in [0.29, 0.717) is 29.4 Å². The molecular weight excluding hydrogens is 304 g/mol. The molecule has 2 heterocycles. The van der Waals surface area contributed by atoms with Crippen molar-refractivity contribution in [2.45, 2.75) is 32.7 Å². The number of nitrogens with zero attached hydrogens (tertiary/aromatic N) is 2. The topological polar surface area (TPSA) is 119 Å². The van der Waals surface area contributed by atoms with Crippen molar-refractivity contribution in [2.75, 3.05) is 17.2 Å². The fraction of sp³-hybridized carbons (Fsp3) is 0.353. The van der Waals surface area contributed by atoms with Gasteiger partial charge in [0.15, 0.2) is 0 Å². The lowest BCUT2D eigenvalue weighted by Gasteiger charge is -2.23. The number of nitrogens with one attached hydrogen (secondary N) is 2. The third kappa shape index (κ3) is 4.66. The molecule has 0 saturated heterocycles. The molecule has 7 heteroatoms. The van der Waals surface area contributed by atoms with Gasteiger partial charge in [-0.15, -0.1) is 0 Å². The minimum absolute atomic E-state index is 0.301. The number of primary amides is 1. The standard InChI is InChI=1S/C17H24N6O/c1-4-17(3,19)10-21-15-8-13(12(9-20-15)16(18)24)23-14-7-5-6-11(2)22-14/h5-9H,4,10,19H2,1-3H3,(H2,18,24)(H2,20,21,22,23). The number of aryl methyl sites for hydroxylation is 1. The predicted molar refractivity (Wildman–Crippen MR) is 96.4 cm³/mol. The van der Waals surface area contributed by atoms with Crippen molar-refractivity contribution < 1.29 is 4.79 Å². The van der Waals surface area contributed by atoms with E-state index in [0.717, 1.165) is 12.1 Å². The van der Waals surface area contributed by atoms with Crippen LogP contribution in [0.2, 0.25) is 0 Å². The molecule has 1 unspecified atom stereocenters. The highest BCUT2D eigenvalue weighted by atomic mass is 16.1. The van der Waals surface area contributed by atoms with Crippen LogP contribution in [0.25, 0.3) is 0 Å². The first-order valence-electron chi connectivity index (χ1n) is 7.84. The third-order valence-electron chi connectivity index (χ3n) is 3.80. The van der Waals surface area contributed by atoms with E-state index in [1.807, 2.05) is 39.0 Å². The number of hydrogen-bond acceptors (Lipinski definition) is 6. The van der Waals surface area contributed by atoms with Gasteiger partial charge in [0.2, 0.25) is 0 Å². The van der Waals surface area contributed by atoms with E-state index in [9.17, 15) is 4.79 Å². The van der Waals surface area contributed by atoms with Crippen LogP contribution in [-0.2, 0) is 0 Å². The Labute approximate surface area is 141 Å². The molecule has 0 fully saturated rings. The smallest absolute Gasteiger partial charge is 0.252 e. The first-order chi connectivity index (χ1) is 11.3. The Bertz CT molecular complexity index is 729. The number of amides is 1. The second-order valence-corrected chi connectivity index (χ2v) is 6.13. The number of carbonyl (C=O) groups is 1. The van der Waals surface area contributed by atoms with Gasteiger partial charge >= 0.3 is 0 Å². The van der Waals surface area contributed by atoms with Crippen LogP contribution in [0.3, 0.4) is 0 Å². The summed E-state index contributed by atoms with van der Waals surface area (Å²) in [4.78, 5) is 20.2. The number of anilines is 3. The molecule has 24 heavy (non-hydrogen) atoms. The highest BCUT2D eigenvalue weighted by molar-refractivity contribution is 5.99. The van der Waals surface area contributed by atoms with Crippen molar-refractivity contribution >= 4 is 23.2 Å². The molecule has 7 nitrogen and oxygen atoms in total. The number of pyridine rings is 2. The van der Waals surface area contributed by atoms with Crippen LogP contribution < -0.4 is 22.1 Å². The van der Waals surface area contributed by atoms with Gasteiger partial charge in [-0.1, -0.05) is 13.0 Å². The molecule has 128 valence electrons. The zero-order valence-electron chi connectivity index (χ0n) is 14.3. The maximum absolute atomic E-state index is 11.6. The molecule has 2 aromatic rings. The average Bonchev–Trinajstić information content (AvgIpc) is 2.53. The number of nitrogens with two attached hydrogens (primary N) is 2. The summed E-state index contributed by atoms with van der Waals surface area (Å²) < 4.78 is 0. The molecule has 1 atom stereocenters. The fourth-order valence-electron chi connectivity index (χ4n) is 2.02. The Balaban J connectivity index is 2.26. The van der Waals surface area contributed by atoms with Crippen LogP contribution >= 0.6 is 0 Å². The maximum Gasteiger partial charge on any atom is 0.252 e. The normalized spacial score (nSPS) is 13.2. The monoisotopic (exact) mass is 328 g/mol. The molecule has 0 radical (unpaired) electrons. The SMILES string of the molecule is CCC(C)(N)CNc1cc(Nc2cccc(C)n2)c(C(N)=O)cn1. The second kappa shape index (κ2) is 7.27. The molecule has 6 N–H and O–H groups in total. The van der Waals surface area contributed by atoms with E-state index in [4.69, 9.17) is 11.5 Å². The lowest BCUT2D eigenvalue weighted by atomic mass is 10.0. The summed E-state index contributed by atoms with van der Waals surface area (Å²) in [7, 11) is 0. The molecule has 1 amide bonds. The van der Waals surface area contributed by atoms with Crippen LogP contribution in [0.5, 0.6) is 0 Å². The Morgan fingerprint density at radius 2 is 2.08 bits per heavy atom. The lowest BCUT2D eigenvalue weighted by molar-refractivity contribution is 0.100. The second-order valence-electron chi connectivity index (χ2n) is 6.13. The summed E-state index contributed by atoms with van der Waals surface area (Å²) in [5, 5.41) is 6.31. The van der Waals surface area contributed by atoms with Crippen LogP contribution in [0.15, 0.2) is 30.5 Å². The van der Waals surface area contributed by atoms with Crippen LogP contribution in [0.4, 0.5) is 17.3 Å². The summed E-state index contributed by atoms with van der Waals surface area (Å²) in [6, 6.07) is 7.33. The minimum atomic E-state index is -0.554. The van der Waals surface area contributed by atoms with Crippen LogP contribution in [0.1, 0.15) is 36.3 Å². The van der Waals surface area contributed by atoms with Gasteiger partial charge in [-0.2, -0.15) is 0 Å². The molecule has 0 saturated carbocycles. The maximum atomic E-state index is 11.6. The molecule has 0 aromatic carbocycles. The number of aromatic nitrogens is 2. The number of carbonyl (C=O) groups excluding carboxylic acids is 1. The zero-order valence-corrected chi connectivity index (χ0v) is 14.3. The van der Waals surface area contributed by atoms with Crippen LogP contribution in [-0.4, -0.2) is 28.0 Å². The van der Waals surface area contributed by atoms with E-state index in [2.05, 4.69) is 20.6 Å².